The largest absolute Gasteiger partial charge is 0.399 e. The first-order chi connectivity index (χ1) is 46.8. The van der Waals surface area contributed by atoms with Crippen molar-refractivity contribution in [3.8, 4) is 11.4 Å². The molecular weight excluding hydrogens is 1220 g/mol. The molecule has 4 aromatic heterocycles. The van der Waals surface area contributed by atoms with Crippen molar-refractivity contribution in [3.63, 3.8) is 0 Å². The highest BCUT2D eigenvalue weighted by Gasteiger charge is 2.28. The summed E-state index contributed by atoms with van der Waals surface area (Å²) >= 11 is 0. The molecule has 10 aromatic rings. The normalized spacial score (nSPS) is 12.7. The van der Waals surface area contributed by atoms with E-state index in [2.05, 4.69) is 55.3 Å². The number of hydrogen-bond acceptors (Lipinski definition) is 15. The number of carbonyl (C=O) groups is 6. The SMILES string of the molecule is CC(=O)O/N=C(\CC1CCCCC1)C(=O)c1c(C)n(-c2ccc(C(C)=O)cc2)c2ccccc12.CCC(=O)O/N=C(\C)c1cn(C)c2ccccc12.CCC(=O)O/N=C/c1cn(C)c2ccccc12.CCCCCC/C(=N\OC(C)=O)c1cn(-c2ccc(N)cc2)c2ccccc12. The molecule has 19 nitrogen and oxygen atoms in total. The van der Waals surface area contributed by atoms with Crippen molar-refractivity contribution >= 4 is 108 Å². The van der Waals surface area contributed by atoms with Gasteiger partial charge in [0.2, 0.25) is 5.78 Å². The van der Waals surface area contributed by atoms with Gasteiger partial charge in [-0.05, 0) is 119 Å². The van der Waals surface area contributed by atoms with Crippen LogP contribution in [0.15, 0.2) is 185 Å². The Labute approximate surface area is 566 Å². The van der Waals surface area contributed by atoms with Gasteiger partial charge in [-0.1, -0.05) is 166 Å². The topological polar surface area (TPSA) is 235 Å². The maximum Gasteiger partial charge on any atom is 0.334 e. The summed E-state index contributed by atoms with van der Waals surface area (Å²) in [6.45, 7) is 13.6. The van der Waals surface area contributed by atoms with Gasteiger partial charge >= 0.3 is 23.9 Å². The third-order valence-corrected chi connectivity index (χ3v) is 16.8. The van der Waals surface area contributed by atoms with Gasteiger partial charge in [0.05, 0.1) is 34.2 Å². The Bertz CT molecular complexity index is 4530. The summed E-state index contributed by atoms with van der Waals surface area (Å²) in [7, 11) is 3.95. The lowest BCUT2D eigenvalue weighted by Gasteiger charge is -2.21. The fraction of sp³-hybridized carbons (Fsp3) is 0.308. The van der Waals surface area contributed by atoms with Gasteiger partial charge in [0.25, 0.3) is 0 Å². The van der Waals surface area contributed by atoms with E-state index in [9.17, 15) is 28.8 Å². The van der Waals surface area contributed by atoms with Crippen LogP contribution in [-0.4, -0.2) is 77.1 Å². The lowest BCUT2D eigenvalue weighted by atomic mass is 9.84. The monoisotopic (exact) mass is 1310 g/mol. The number of aryl methyl sites for hydroxylation is 2. The molecule has 1 aliphatic carbocycles. The van der Waals surface area contributed by atoms with E-state index in [1.165, 1.54) is 33.1 Å². The van der Waals surface area contributed by atoms with Crippen molar-refractivity contribution in [1.29, 1.82) is 0 Å². The van der Waals surface area contributed by atoms with Gasteiger partial charge in [0.15, 0.2) is 5.78 Å². The molecule has 97 heavy (non-hydrogen) atoms. The maximum atomic E-state index is 13.9. The molecule has 19 heteroatoms. The highest BCUT2D eigenvalue weighted by Crippen LogP contribution is 2.34. The van der Waals surface area contributed by atoms with Crippen molar-refractivity contribution < 1.29 is 48.1 Å². The van der Waals surface area contributed by atoms with Crippen LogP contribution in [0, 0.1) is 12.8 Å². The number of nitrogen functional groups attached to an aromatic ring is 1. The first-order valence-electron chi connectivity index (χ1n) is 33.1. The highest BCUT2D eigenvalue weighted by atomic mass is 16.7. The minimum Gasteiger partial charge on any atom is -0.399 e. The Balaban J connectivity index is 0.000000172. The summed E-state index contributed by atoms with van der Waals surface area (Å²) in [5, 5.41) is 19.9. The molecule has 0 bridgehead atoms. The second-order valence-electron chi connectivity index (χ2n) is 24.0. The predicted octanol–water partition coefficient (Wildman–Crippen LogP) is 17.0. The van der Waals surface area contributed by atoms with Crippen LogP contribution in [0.25, 0.3) is 55.0 Å². The number of fused-ring (bicyclic) bond motifs is 4. The summed E-state index contributed by atoms with van der Waals surface area (Å²) in [6.07, 6.45) is 19.6. The lowest BCUT2D eigenvalue weighted by Crippen LogP contribution is -2.21. The third-order valence-electron chi connectivity index (χ3n) is 16.8. The van der Waals surface area contributed by atoms with Crippen LogP contribution in [0.1, 0.15) is 175 Å². The number of oxime groups is 4. The molecule has 0 unspecified atom stereocenters. The number of anilines is 1. The molecule has 2 N–H and O–H groups in total. The van der Waals surface area contributed by atoms with Gasteiger partial charge in [-0.3, -0.25) is 9.59 Å². The average Bonchev–Trinajstić information content (AvgIpc) is 1.62. The van der Waals surface area contributed by atoms with Crippen molar-refractivity contribution in [2.45, 2.75) is 139 Å². The Morgan fingerprint density at radius 1 is 0.546 bits per heavy atom. The molecule has 1 aliphatic rings. The van der Waals surface area contributed by atoms with Crippen LogP contribution in [0.5, 0.6) is 0 Å². The first kappa shape index (κ1) is 72.0. The molecule has 11 rings (SSSR count). The smallest absolute Gasteiger partial charge is 0.334 e. The molecule has 0 spiro atoms. The summed E-state index contributed by atoms with van der Waals surface area (Å²) in [6, 6.07) is 47.1. The van der Waals surface area contributed by atoms with Gasteiger partial charge in [-0.25, -0.2) is 19.2 Å². The van der Waals surface area contributed by atoms with E-state index in [1.54, 1.807) is 39.1 Å². The van der Waals surface area contributed by atoms with E-state index in [1.807, 2.05) is 175 Å². The maximum absolute atomic E-state index is 13.9. The van der Waals surface area contributed by atoms with Crippen molar-refractivity contribution in [3.05, 3.63) is 198 Å². The van der Waals surface area contributed by atoms with E-state index >= 15 is 0 Å². The van der Waals surface area contributed by atoms with E-state index < -0.39 is 11.9 Å². The average molecular weight is 1310 g/mol. The van der Waals surface area contributed by atoms with Crippen LogP contribution >= 0.6 is 0 Å². The van der Waals surface area contributed by atoms with E-state index in [0.717, 1.165) is 134 Å². The Kier molecular flexibility index (Phi) is 26.0. The minimum atomic E-state index is -0.543. The second-order valence-corrected chi connectivity index (χ2v) is 24.0. The molecule has 0 aliphatic heterocycles. The van der Waals surface area contributed by atoms with E-state index in [4.69, 9.17) is 20.2 Å². The van der Waals surface area contributed by atoms with Crippen molar-refractivity contribution in [2.24, 2.45) is 40.6 Å². The van der Waals surface area contributed by atoms with Gasteiger partial charge in [0.1, 0.15) is 5.71 Å². The van der Waals surface area contributed by atoms with Crippen molar-refractivity contribution in [1.82, 2.24) is 18.3 Å². The Morgan fingerprint density at radius 2 is 1.09 bits per heavy atom. The second kappa shape index (κ2) is 35.1. The van der Waals surface area contributed by atoms with Gasteiger partial charge in [-0.15, -0.1) is 0 Å². The number of rotatable bonds is 21. The molecule has 1 fully saturated rings. The van der Waals surface area contributed by atoms with E-state index in [0.29, 0.717) is 47.7 Å². The summed E-state index contributed by atoms with van der Waals surface area (Å²) < 4.78 is 8.19. The predicted molar refractivity (Wildman–Crippen MR) is 386 cm³/mol. The summed E-state index contributed by atoms with van der Waals surface area (Å²) in [4.78, 5) is 89.9. The number of hydrogen-bond donors (Lipinski definition) is 1. The molecule has 504 valence electrons. The molecule has 0 saturated heterocycles. The number of Topliss-reactive ketones (excluding diaryl/α,β-unsaturated/α-hetero) is 2. The molecule has 0 atom stereocenters. The quantitative estimate of drug-likeness (QED) is 0.0177. The molecule has 0 amide bonds. The first-order valence-corrected chi connectivity index (χ1v) is 33.1. The number of nitrogens with zero attached hydrogens (tertiary/aromatic N) is 8. The summed E-state index contributed by atoms with van der Waals surface area (Å²) in [5.74, 6) is -1.45. The molecular formula is C78H87N9O10. The zero-order valence-electron chi connectivity index (χ0n) is 57.2. The standard InChI is InChI=1S/C28H30N2O4.C23H27N3O2.C14H16N2O2.C13H14N2O2/c1-18-27(28(33)25(29-34-20(3)32)17-21-9-5-4-6-10-21)24-11-7-8-12-26(24)30(18)23-15-13-22(14-16-23)19(2)31;1-3-4-5-6-10-22(25-28-17(2)27)21-16-26(19-14-12-18(24)13-15-19)23-11-8-7-9-20(21)23;1-4-14(17)18-15-10(2)12-9-16(3)13-8-6-5-7-11(12)13;1-3-13(16)17-14-8-10-9-15(2)12-7-5-4-6-11(10)12/h7-8,11-16,21H,4-6,9-10,17H2,1-3H3;7-9,11-16H,3-6,10,24H2,1-2H3;5-9H,4H2,1-3H3;4-9H,3H2,1-2H3/b29-25+;25-22+;15-10+;14-8+. The number of para-hydroxylation sites is 4. The highest BCUT2D eigenvalue weighted by molar-refractivity contribution is 6.48. The third kappa shape index (κ3) is 19.0. The fourth-order valence-electron chi connectivity index (χ4n) is 11.8. The van der Waals surface area contributed by atoms with E-state index in [-0.39, 0.29) is 23.5 Å². The molecule has 0 radical (unpaired) electrons. The van der Waals surface area contributed by atoms with Gasteiger partial charge in [0, 0.05) is 137 Å². The van der Waals surface area contributed by atoms with Crippen LogP contribution in [0.3, 0.4) is 0 Å². The van der Waals surface area contributed by atoms with Crippen LogP contribution in [0.4, 0.5) is 5.69 Å². The van der Waals surface area contributed by atoms with Crippen LogP contribution < -0.4 is 5.73 Å². The van der Waals surface area contributed by atoms with Crippen LogP contribution in [0.2, 0.25) is 0 Å². The van der Waals surface area contributed by atoms with Gasteiger partial charge < -0.3 is 43.4 Å². The number of carbonyl (C=O) groups excluding carboxylic acids is 6. The summed E-state index contributed by atoms with van der Waals surface area (Å²) in [5.41, 5.74) is 19.4. The lowest BCUT2D eigenvalue weighted by molar-refractivity contribution is -0.144. The zero-order chi connectivity index (χ0) is 69.5. The fourth-order valence-corrected chi connectivity index (χ4v) is 11.8. The zero-order valence-corrected chi connectivity index (χ0v) is 57.2. The number of nitrogens with two attached hydrogens (primary N) is 1. The Hall–Kier alpha value is -10.8. The molecule has 1 saturated carbocycles. The number of aromatic nitrogens is 4. The number of ketones is 2. The van der Waals surface area contributed by atoms with Gasteiger partial charge in [-0.2, -0.15) is 0 Å². The molecule has 4 heterocycles. The van der Waals surface area contributed by atoms with Crippen LogP contribution in [-0.2, 0) is 52.6 Å². The molecule has 6 aromatic carbocycles. The number of benzene rings is 6. The minimum absolute atomic E-state index is 0.00513. The number of unbranched alkanes of at least 4 members (excludes halogenated alkanes) is 3. The van der Waals surface area contributed by atoms with Crippen molar-refractivity contribution in [2.75, 3.05) is 5.73 Å². The Morgan fingerprint density at radius 3 is 1.71 bits per heavy atom.